The molecule has 0 spiro atoms. The van der Waals surface area contributed by atoms with Gasteiger partial charge in [0.05, 0.1) is 35.0 Å². The molecule has 5 rings (SSSR count). The lowest BCUT2D eigenvalue weighted by Crippen LogP contribution is -2.48. The summed E-state index contributed by atoms with van der Waals surface area (Å²) in [6.07, 6.45) is 11.1. The van der Waals surface area contributed by atoms with Crippen LogP contribution in [0.4, 0.5) is 10.7 Å². The molecule has 3 N–H and O–H groups in total. The topological polar surface area (TPSA) is 160 Å². The molecule has 0 aromatic carbocycles. The number of carbonyl (C=O) groups is 1. The van der Waals surface area contributed by atoms with Crippen LogP contribution in [-0.4, -0.2) is 52.1 Å². The lowest BCUT2D eigenvalue weighted by molar-refractivity contribution is 0.0462. The third kappa shape index (κ3) is 5.74. The molecule has 4 aromatic heterocycles. The minimum Gasteiger partial charge on any atom is -0.444 e. The molecule has 1 aliphatic rings. The second kappa shape index (κ2) is 9.75. The summed E-state index contributed by atoms with van der Waals surface area (Å²) in [6.45, 7) is 9.72. The minimum atomic E-state index is -0.598. The van der Waals surface area contributed by atoms with Crippen molar-refractivity contribution < 1.29 is 14.1 Å². The first-order valence-electron chi connectivity index (χ1n) is 12.9. The number of carbonyl (C=O) groups excluding carboxylic acids is 1. The Kier molecular flexibility index (Phi) is 6.57. The van der Waals surface area contributed by atoms with Gasteiger partial charge in [0.15, 0.2) is 5.82 Å². The number of nitrogens with zero attached hydrogens (tertiary/aromatic N) is 7. The normalized spacial score (nSPS) is 15.0. The summed E-state index contributed by atoms with van der Waals surface area (Å²) >= 11 is 0. The predicted molar refractivity (Wildman–Crippen MR) is 143 cm³/mol. The number of ether oxygens (including phenoxy) is 1. The van der Waals surface area contributed by atoms with Crippen molar-refractivity contribution in [2.24, 2.45) is 0 Å². The van der Waals surface area contributed by atoms with Gasteiger partial charge >= 0.3 is 6.09 Å². The van der Waals surface area contributed by atoms with Crippen molar-refractivity contribution in [2.75, 3.05) is 5.73 Å². The smallest absolute Gasteiger partial charge is 0.408 e. The van der Waals surface area contributed by atoms with E-state index in [1.54, 1.807) is 23.3 Å². The number of pyridine rings is 1. The van der Waals surface area contributed by atoms with E-state index < -0.39 is 17.2 Å². The van der Waals surface area contributed by atoms with Gasteiger partial charge in [-0.05, 0) is 59.1 Å². The Morgan fingerprint density at radius 1 is 1.08 bits per heavy atom. The van der Waals surface area contributed by atoms with Gasteiger partial charge in [0.2, 0.25) is 5.95 Å². The molecule has 12 nitrogen and oxygen atoms in total. The third-order valence-corrected chi connectivity index (χ3v) is 6.62. The van der Waals surface area contributed by atoms with Gasteiger partial charge in [0.25, 0.3) is 5.89 Å². The van der Waals surface area contributed by atoms with Crippen LogP contribution in [0.1, 0.15) is 65.3 Å². The van der Waals surface area contributed by atoms with E-state index >= 15 is 0 Å². The number of nitrogen functional groups attached to an aromatic ring is 1. The highest BCUT2D eigenvalue weighted by molar-refractivity contribution is 5.68. The lowest BCUT2D eigenvalue weighted by Gasteiger charge is -2.39. The summed E-state index contributed by atoms with van der Waals surface area (Å²) in [5.74, 6) is 1.25. The molecule has 1 saturated carbocycles. The number of nitrogens with two attached hydrogens (primary N) is 1. The lowest BCUT2D eigenvalue weighted by atomic mass is 9.64. The largest absolute Gasteiger partial charge is 0.444 e. The van der Waals surface area contributed by atoms with Crippen molar-refractivity contribution in [3.05, 3.63) is 54.5 Å². The van der Waals surface area contributed by atoms with Gasteiger partial charge in [-0.3, -0.25) is 9.67 Å². The average Bonchev–Trinajstić information content (AvgIpc) is 3.47. The van der Waals surface area contributed by atoms with Crippen LogP contribution in [-0.2, 0) is 16.7 Å². The van der Waals surface area contributed by atoms with Crippen LogP contribution in [0.5, 0.6) is 0 Å². The molecule has 39 heavy (non-hydrogen) atoms. The van der Waals surface area contributed by atoms with Gasteiger partial charge in [-0.1, -0.05) is 17.6 Å². The van der Waals surface area contributed by atoms with Crippen molar-refractivity contribution in [1.29, 1.82) is 0 Å². The molecule has 4 heterocycles. The quantitative estimate of drug-likeness (QED) is 0.355. The molecule has 4 aromatic rings. The first-order valence-corrected chi connectivity index (χ1v) is 12.9. The second-order valence-corrected chi connectivity index (χ2v) is 11.6. The number of alkyl carbamates (subject to hydrolysis) is 1. The summed E-state index contributed by atoms with van der Waals surface area (Å²) in [7, 11) is 0. The Balaban J connectivity index is 1.30. The van der Waals surface area contributed by atoms with E-state index in [9.17, 15) is 4.79 Å². The van der Waals surface area contributed by atoms with Crippen LogP contribution >= 0.6 is 0 Å². The van der Waals surface area contributed by atoms with Crippen molar-refractivity contribution in [3.8, 4) is 22.7 Å². The molecule has 1 fully saturated rings. The maximum absolute atomic E-state index is 12.2. The molecular weight excluding hydrogens is 498 g/mol. The van der Waals surface area contributed by atoms with Gasteiger partial charge in [-0.15, -0.1) is 0 Å². The molecule has 0 aliphatic heterocycles. The summed E-state index contributed by atoms with van der Waals surface area (Å²) < 4.78 is 12.8. The third-order valence-electron chi connectivity index (χ3n) is 6.62. The number of hydrogen-bond acceptors (Lipinski definition) is 10. The first kappa shape index (κ1) is 26.3. The number of nitrogens with one attached hydrogen (secondary N) is 1. The van der Waals surface area contributed by atoms with E-state index in [-0.39, 0.29) is 11.4 Å². The fourth-order valence-corrected chi connectivity index (χ4v) is 4.61. The zero-order valence-corrected chi connectivity index (χ0v) is 22.8. The molecule has 1 amide bonds. The number of aromatic nitrogens is 7. The zero-order chi connectivity index (χ0) is 27.8. The highest BCUT2D eigenvalue weighted by Crippen LogP contribution is 2.48. The standard InChI is InChI=1S/C27H33N9O3/c1-25(2,3)38-24(37)34-26(4,5)16-36-15-18(13-32-36)21-33-22(35-39-21)27(9-6-10-27)19-7-8-20(29-14-19)17-11-30-23(28)31-12-17/h7-8,11-15H,6,9-10,16H2,1-5H3,(H,34,37)(H2,28,30,31). The zero-order valence-electron chi connectivity index (χ0n) is 22.8. The molecule has 0 bridgehead atoms. The van der Waals surface area contributed by atoms with Crippen LogP contribution in [0.15, 0.2) is 47.6 Å². The molecule has 0 radical (unpaired) electrons. The number of rotatable bonds is 7. The molecule has 0 unspecified atom stereocenters. The Morgan fingerprint density at radius 3 is 2.44 bits per heavy atom. The molecule has 0 atom stereocenters. The Labute approximate surface area is 226 Å². The number of anilines is 1. The van der Waals surface area contributed by atoms with Crippen LogP contribution < -0.4 is 11.1 Å². The van der Waals surface area contributed by atoms with E-state index in [1.165, 1.54) is 0 Å². The highest BCUT2D eigenvalue weighted by Gasteiger charge is 2.45. The fourth-order valence-electron chi connectivity index (χ4n) is 4.61. The summed E-state index contributed by atoms with van der Waals surface area (Å²) in [5.41, 5.74) is 7.37. The van der Waals surface area contributed by atoms with Crippen LogP contribution in [0.25, 0.3) is 22.7 Å². The van der Waals surface area contributed by atoms with E-state index in [0.717, 1.165) is 36.1 Å². The van der Waals surface area contributed by atoms with Gasteiger partial charge in [0, 0.05) is 30.4 Å². The summed E-state index contributed by atoms with van der Waals surface area (Å²) in [4.78, 5) is 29.7. The Bertz CT molecular complexity index is 1450. The molecule has 12 heteroatoms. The van der Waals surface area contributed by atoms with E-state index in [2.05, 4.69) is 30.5 Å². The Morgan fingerprint density at radius 2 is 1.82 bits per heavy atom. The molecular formula is C27H33N9O3. The monoisotopic (exact) mass is 531 g/mol. The molecule has 1 aliphatic carbocycles. The Hall–Kier alpha value is -4.35. The molecule has 0 saturated heterocycles. The van der Waals surface area contributed by atoms with Crippen LogP contribution in [0, 0.1) is 0 Å². The molecule has 204 valence electrons. The SMILES string of the molecule is CC(C)(Cn1cc(-c2nc(C3(c4ccc(-c5cnc(N)nc5)nc4)CCC3)no2)cn1)NC(=O)OC(C)(C)C. The highest BCUT2D eigenvalue weighted by atomic mass is 16.6. The van der Waals surface area contributed by atoms with Crippen molar-refractivity contribution in [1.82, 2.24) is 40.2 Å². The van der Waals surface area contributed by atoms with Gasteiger partial charge in [-0.25, -0.2) is 14.8 Å². The summed E-state index contributed by atoms with van der Waals surface area (Å²) in [5, 5.41) is 11.7. The predicted octanol–water partition coefficient (Wildman–Crippen LogP) is 4.14. The number of hydrogen-bond donors (Lipinski definition) is 2. The van der Waals surface area contributed by atoms with E-state index in [4.69, 9.17) is 20.0 Å². The van der Waals surface area contributed by atoms with Crippen molar-refractivity contribution in [3.63, 3.8) is 0 Å². The van der Waals surface area contributed by atoms with E-state index in [0.29, 0.717) is 23.8 Å². The van der Waals surface area contributed by atoms with Gasteiger partial charge < -0.3 is 20.3 Å². The fraction of sp³-hybridized carbons (Fsp3) is 0.444. The van der Waals surface area contributed by atoms with Crippen LogP contribution in [0.3, 0.4) is 0 Å². The van der Waals surface area contributed by atoms with Crippen molar-refractivity contribution in [2.45, 2.75) is 77.0 Å². The minimum absolute atomic E-state index is 0.225. The first-order chi connectivity index (χ1) is 18.4. The number of amides is 1. The van der Waals surface area contributed by atoms with E-state index in [1.807, 2.05) is 59.1 Å². The summed E-state index contributed by atoms with van der Waals surface area (Å²) in [6, 6.07) is 3.99. The maximum Gasteiger partial charge on any atom is 0.408 e. The van der Waals surface area contributed by atoms with Gasteiger partial charge in [0.1, 0.15) is 5.60 Å². The average molecular weight is 532 g/mol. The maximum atomic E-state index is 12.2. The van der Waals surface area contributed by atoms with Gasteiger partial charge in [-0.2, -0.15) is 10.1 Å². The second-order valence-electron chi connectivity index (χ2n) is 11.6. The van der Waals surface area contributed by atoms with Crippen molar-refractivity contribution >= 4 is 12.0 Å². The van der Waals surface area contributed by atoms with Crippen LogP contribution in [0.2, 0.25) is 0 Å².